The van der Waals surface area contributed by atoms with Crippen molar-refractivity contribution < 1.29 is 17.6 Å². The maximum atomic E-state index is 12.7. The molecule has 0 radical (unpaired) electrons. The maximum Gasteiger partial charge on any atom is 0.224 e. The van der Waals surface area contributed by atoms with E-state index in [2.05, 4.69) is 10.3 Å². The van der Waals surface area contributed by atoms with Gasteiger partial charge in [0.25, 0.3) is 0 Å². The topological polar surface area (TPSA) is 92.5 Å². The van der Waals surface area contributed by atoms with Crippen LogP contribution in [0.2, 0.25) is 5.02 Å². The first kappa shape index (κ1) is 21.6. The fourth-order valence-electron chi connectivity index (χ4n) is 4.48. The number of fused-ring (bicyclic) bond motifs is 1. The lowest BCUT2D eigenvalue weighted by molar-refractivity contribution is -0.125. The lowest BCUT2D eigenvalue weighted by Gasteiger charge is -2.28. The predicted octanol–water partition coefficient (Wildman–Crippen LogP) is 3.69. The molecule has 1 unspecified atom stereocenters. The van der Waals surface area contributed by atoms with Crippen LogP contribution in [0.3, 0.4) is 0 Å². The molecule has 2 aromatic rings. The third-order valence-electron chi connectivity index (χ3n) is 6.17. The van der Waals surface area contributed by atoms with Crippen molar-refractivity contribution in [3.05, 3.63) is 29.1 Å². The molecule has 9 heteroatoms. The van der Waals surface area contributed by atoms with Gasteiger partial charge in [0.2, 0.25) is 15.9 Å². The van der Waals surface area contributed by atoms with Crippen LogP contribution in [-0.2, 0) is 14.8 Å². The number of rotatable bonds is 6. The Hall–Kier alpha value is -1.64. The number of benzene rings is 1. The summed E-state index contributed by atoms with van der Waals surface area (Å²) >= 11 is 6.03. The summed E-state index contributed by atoms with van der Waals surface area (Å²) < 4.78 is 31.8. The Labute approximate surface area is 182 Å². The summed E-state index contributed by atoms with van der Waals surface area (Å²) in [6.45, 7) is 2.59. The quantitative estimate of drug-likeness (QED) is 0.720. The maximum absolute atomic E-state index is 12.7. The minimum atomic E-state index is -3.23. The third-order valence-corrected chi connectivity index (χ3v) is 8.44. The second-order valence-electron chi connectivity index (χ2n) is 8.38. The Morgan fingerprint density at radius 2 is 2.03 bits per heavy atom. The number of carbonyl (C=O) groups excluding carboxylic acids is 1. The minimum Gasteiger partial charge on any atom is -0.440 e. The summed E-state index contributed by atoms with van der Waals surface area (Å²) in [5.74, 6) is 0.850. The van der Waals surface area contributed by atoms with E-state index in [9.17, 15) is 13.2 Å². The fourth-order valence-corrected chi connectivity index (χ4v) is 6.21. The van der Waals surface area contributed by atoms with Gasteiger partial charge >= 0.3 is 0 Å². The Bertz CT molecular complexity index is 1010. The Morgan fingerprint density at radius 3 is 2.77 bits per heavy atom. The van der Waals surface area contributed by atoms with Crippen molar-refractivity contribution in [2.75, 3.05) is 18.8 Å². The smallest absolute Gasteiger partial charge is 0.224 e. The number of nitrogens with zero attached hydrogens (tertiary/aromatic N) is 2. The van der Waals surface area contributed by atoms with Crippen molar-refractivity contribution >= 4 is 38.6 Å². The molecule has 1 saturated heterocycles. The van der Waals surface area contributed by atoms with Gasteiger partial charge in [0.1, 0.15) is 5.52 Å². The van der Waals surface area contributed by atoms with E-state index < -0.39 is 10.0 Å². The fraction of sp³-hybridized carbons (Fsp3) is 0.619. The third kappa shape index (κ3) is 4.65. The van der Waals surface area contributed by atoms with E-state index in [-0.39, 0.29) is 29.5 Å². The van der Waals surface area contributed by atoms with Gasteiger partial charge in [-0.2, -0.15) is 0 Å². The molecule has 7 nitrogen and oxygen atoms in total. The summed E-state index contributed by atoms with van der Waals surface area (Å²) in [6, 6.07) is 5.56. The van der Waals surface area contributed by atoms with E-state index >= 15 is 0 Å². The van der Waals surface area contributed by atoms with Gasteiger partial charge in [-0.1, -0.05) is 18.5 Å². The van der Waals surface area contributed by atoms with Crippen molar-refractivity contribution in [3.8, 4) is 0 Å². The summed E-state index contributed by atoms with van der Waals surface area (Å²) in [6.07, 6.45) is 4.70. The van der Waals surface area contributed by atoms with Gasteiger partial charge < -0.3 is 9.73 Å². The zero-order valence-electron chi connectivity index (χ0n) is 17.1. The number of halogens is 1. The normalized spacial score (nSPS) is 25.6. The van der Waals surface area contributed by atoms with Crippen molar-refractivity contribution in [1.29, 1.82) is 0 Å². The molecular weight excluding hydrogens is 426 g/mol. The monoisotopic (exact) mass is 453 g/mol. The van der Waals surface area contributed by atoms with Crippen LogP contribution in [0.5, 0.6) is 0 Å². The molecule has 0 bridgehead atoms. The van der Waals surface area contributed by atoms with Crippen molar-refractivity contribution in [2.24, 2.45) is 5.92 Å². The molecule has 2 heterocycles. The van der Waals surface area contributed by atoms with Crippen molar-refractivity contribution in [3.63, 3.8) is 0 Å². The molecule has 0 spiro atoms. The molecule has 1 amide bonds. The van der Waals surface area contributed by atoms with E-state index in [0.717, 1.165) is 42.7 Å². The van der Waals surface area contributed by atoms with Crippen LogP contribution in [0, 0.1) is 5.92 Å². The summed E-state index contributed by atoms with van der Waals surface area (Å²) in [5.41, 5.74) is 1.52. The molecule has 164 valence electrons. The Kier molecular flexibility index (Phi) is 6.36. The number of amides is 1. The lowest BCUT2D eigenvalue weighted by Crippen LogP contribution is -2.42. The largest absolute Gasteiger partial charge is 0.440 e. The summed E-state index contributed by atoms with van der Waals surface area (Å²) in [4.78, 5) is 17.3. The first-order chi connectivity index (χ1) is 14.4. The van der Waals surface area contributed by atoms with Gasteiger partial charge in [0.05, 0.1) is 11.7 Å². The van der Waals surface area contributed by atoms with Crippen LogP contribution in [0.15, 0.2) is 22.6 Å². The molecule has 1 aromatic carbocycles. The molecule has 1 aliphatic carbocycles. The van der Waals surface area contributed by atoms with Crippen molar-refractivity contribution in [1.82, 2.24) is 14.6 Å². The van der Waals surface area contributed by atoms with Crippen molar-refractivity contribution in [2.45, 2.75) is 57.4 Å². The first-order valence-corrected chi connectivity index (χ1v) is 12.7. The van der Waals surface area contributed by atoms with Gasteiger partial charge in [-0.05, 0) is 56.7 Å². The second-order valence-corrected chi connectivity index (χ2v) is 10.9. The van der Waals surface area contributed by atoms with Crippen LogP contribution in [0.25, 0.3) is 11.1 Å². The number of sulfonamides is 1. The highest BCUT2D eigenvalue weighted by Gasteiger charge is 2.35. The standard InChI is InChI=1S/C21H28ClN3O4S/c1-2-11-30(27,28)25-10-9-15(13-25)20(26)23-17-6-3-14(4-7-17)21-24-18-12-16(22)5-8-19(18)29-21/h5,8,12,14-15,17H,2-4,6-7,9-11,13H2,1H3,(H,23,26). The van der Waals surface area contributed by atoms with Gasteiger partial charge in [0, 0.05) is 30.1 Å². The van der Waals surface area contributed by atoms with E-state index in [4.69, 9.17) is 16.0 Å². The van der Waals surface area contributed by atoms with Gasteiger partial charge in [-0.3, -0.25) is 4.79 Å². The molecular formula is C21H28ClN3O4S. The number of nitrogens with one attached hydrogen (secondary N) is 1. The molecule has 1 aromatic heterocycles. The van der Waals surface area contributed by atoms with Gasteiger partial charge in [-0.25, -0.2) is 17.7 Å². The molecule has 2 fully saturated rings. The van der Waals surface area contributed by atoms with E-state index in [1.165, 1.54) is 4.31 Å². The van der Waals surface area contributed by atoms with Crippen LogP contribution < -0.4 is 5.32 Å². The lowest BCUT2D eigenvalue weighted by atomic mass is 9.85. The highest BCUT2D eigenvalue weighted by molar-refractivity contribution is 7.89. The number of carbonyl (C=O) groups is 1. The second kappa shape index (κ2) is 8.85. The highest BCUT2D eigenvalue weighted by Crippen LogP contribution is 2.34. The summed E-state index contributed by atoms with van der Waals surface area (Å²) in [7, 11) is -3.23. The number of hydrogen-bond donors (Lipinski definition) is 1. The van der Waals surface area contributed by atoms with Crippen LogP contribution in [0.4, 0.5) is 0 Å². The number of aromatic nitrogens is 1. The number of hydrogen-bond acceptors (Lipinski definition) is 5. The Balaban J connectivity index is 1.29. The zero-order valence-corrected chi connectivity index (χ0v) is 18.7. The van der Waals surface area contributed by atoms with E-state index in [1.54, 1.807) is 12.1 Å². The van der Waals surface area contributed by atoms with E-state index in [0.29, 0.717) is 31.0 Å². The van der Waals surface area contributed by atoms with Crippen LogP contribution >= 0.6 is 11.6 Å². The zero-order chi connectivity index (χ0) is 21.3. The van der Waals surface area contributed by atoms with E-state index in [1.807, 2.05) is 13.0 Å². The van der Waals surface area contributed by atoms with Crippen LogP contribution in [-0.4, -0.2) is 48.5 Å². The van der Waals surface area contributed by atoms with Crippen LogP contribution in [0.1, 0.15) is 57.3 Å². The Morgan fingerprint density at radius 1 is 1.27 bits per heavy atom. The minimum absolute atomic E-state index is 0.0239. The highest BCUT2D eigenvalue weighted by atomic mass is 35.5. The average molecular weight is 454 g/mol. The predicted molar refractivity (Wildman–Crippen MR) is 116 cm³/mol. The van der Waals surface area contributed by atoms with Gasteiger partial charge in [-0.15, -0.1) is 0 Å². The molecule has 30 heavy (non-hydrogen) atoms. The molecule has 1 saturated carbocycles. The average Bonchev–Trinajstić information content (AvgIpc) is 3.36. The number of oxazole rings is 1. The molecule has 1 N–H and O–H groups in total. The molecule has 2 aliphatic rings. The molecule has 1 aliphatic heterocycles. The molecule has 1 atom stereocenters. The molecule has 4 rings (SSSR count). The SMILES string of the molecule is CCCS(=O)(=O)N1CCC(C(=O)NC2CCC(c3nc4cc(Cl)ccc4o3)CC2)C1. The summed E-state index contributed by atoms with van der Waals surface area (Å²) in [5, 5.41) is 3.78. The first-order valence-electron chi connectivity index (χ1n) is 10.7. The van der Waals surface area contributed by atoms with Gasteiger partial charge in [0.15, 0.2) is 11.5 Å².